The highest BCUT2D eigenvalue weighted by atomic mass is 35.5. The van der Waals surface area contributed by atoms with Crippen LogP contribution in [0.3, 0.4) is 0 Å². The number of carbonyl (C=O) groups is 2. The molecule has 0 saturated heterocycles. The first-order valence-electron chi connectivity index (χ1n) is 14.0. The molecule has 7 nitrogen and oxygen atoms in total. The molecule has 0 aliphatic heterocycles. The van der Waals surface area contributed by atoms with E-state index in [0.29, 0.717) is 33.6 Å². The molecule has 44 heavy (non-hydrogen) atoms. The van der Waals surface area contributed by atoms with E-state index in [0.717, 1.165) is 9.87 Å². The number of carbonyl (C=O) groups excluding carboxylic acids is 2. The highest BCUT2D eigenvalue weighted by Crippen LogP contribution is 2.28. The van der Waals surface area contributed by atoms with Crippen LogP contribution in [0, 0.1) is 0 Å². The molecule has 1 N–H and O–H groups in total. The maximum absolute atomic E-state index is 14.4. The lowest BCUT2D eigenvalue weighted by molar-refractivity contribution is -0.140. The minimum atomic E-state index is -4.27. The molecule has 2 amide bonds. The van der Waals surface area contributed by atoms with E-state index in [1.165, 1.54) is 35.2 Å². The van der Waals surface area contributed by atoms with Gasteiger partial charge in [-0.05, 0) is 72.1 Å². The Morgan fingerprint density at radius 1 is 0.773 bits per heavy atom. The van der Waals surface area contributed by atoms with Crippen LogP contribution < -0.4 is 9.62 Å². The number of hydrogen-bond acceptors (Lipinski definition) is 4. The summed E-state index contributed by atoms with van der Waals surface area (Å²) in [7, 11) is -4.27. The van der Waals surface area contributed by atoms with Gasteiger partial charge in [0, 0.05) is 34.6 Å². The predicted octanol–water partition coefficient (Wildman–Crippen LogP) is 7.01. The second kappa shape index (κ2) is 15.4. The SMILES string of the molecule is CCCNC(=O)C(Cc1ccccc1)N(Cc1cccc(Cl)c1)C(=O)CN(c1cccc(Cl)c1)S(=O)(=O)c1ccc(Cl)cc1. The monoisotopic (exact) mass is 671 g/mol. The van der Waals surface area contributed by atoms with Crippen molar-refractivity contribution in [1.82, 2.24) is 10.2 Å². The summed E-state index contributed by atoms with van der Waals surface area (Å²) in [6.07, 6.45) is 0.914. The van der Waals surface area contributed by atoms with Crippen LogP contribution in [-0.4, -0.2) is 44.3 Å². The van der Waals surface area contributed by atoms with Crippen molar-refractivity contribution in [3.8, 4) is 0 Å². The molecule has 0 spiro atoms. The number of nitrogens with one attached hydrogen (secondary N) is 1. The lowest BCUT2D eigenvalue weighted by Crippen LogP contribution is -2.53. The molecule has 0 saturated carbocycles. The maximum Gasteiger partial charge on any atom is 0.264 e. The molecule has 230 valence electrons. The summed E-state index contributed by atoms with van der Waals surface area (Å²) in [4.78, 5) is 29.4. The first kappa shape index (κ1) is 33.3. The highest BCUT2D eigenvalue weighted by molar-refractivity contribution is 7.92. The largest absolute Gasteiger partial charge is 0.354 e. The molecular weight excluding hydrogens is 641 g/mol. The summed E-state index contributed by atoms with van der Waals surface area (Å²) < 4.78 is 29.0. The van der Waals surface area contributed by atoms with E-state index in [1.807, 2.05) is 37.3 Å². The van der Waals surface area contributed by atoms with Crippen molar-refractivity contribution in [3.63, 3.8) is 0 Å². The zero-order valence-corrected chi connectivity index (χ0v) is 27.1. The summed E-state index contributed by atoms with van der Waals surface area (Å²) in [5.41, 5.74) is 1.72. The van der Waals surface area contributed by atoms with E-state index >= 15 is 0 Å². The summed E-state index contributed by atoms with van der Waals surface area (Å²) in [6.45, 7) is 1.77. The molecule has 4 aromatic rings. The fourth-order valence-electron chi connectivity index (χ4n) is 4.65. The Hall–Kier alpha value is -3.56. The number of hydrogen-bond donors (Lipinski definition) is 1. The van der Waals surface area contributed by atoms with E-state index < -0.39 is 28.5 Å². The van der Waals surface area contributed by atoms with Gasteiger partial charge in [0.25, 0.3) is 10.0 Å². The van der Waals surface area contributed by atoms with E-state index in [9.17, 15) is 18.0 Å². The smallest absolute Gasteiger partial charge is 0.264 e. The van der Waals surface area contributed by atoms with Crippen LogP contribution in [0.2, 0.25) is 15.1 Å². The molecule has 0 fully saturated rings. The van der Waals surface area contributed by atoms with Gasteiger partial charge in [0.05, 0.1) is 10.6 Å². The second-order valence-electron chi connectivity index (χ2n) is 10.1. The lowest BCUT2D eigenvalue weighted by Gasteiger charge is -2.34. The van der Waals surface area contributed by atoms with Gasteiger partial charge in [-0.15, -0.1) is 0 Å². The normalized spacial score (nSPS) is 11.9. The number of amides is 2. The van der Waals surface area contributed by atoms with Crippen LogP contribution in [0.5, 0.6) is 0 Å². The van der Waals surface area contributed by atoms with Crippen molar-refractivity contribution in [2.45, 2.75) is 37.2 Å². The minimum Gasteiger partial charge on any atom is -0.354 e. The van der Waals surface area contributed by atoms with Gasteiger partial charge < -0.3 is 10.2 Å². The third-order valence-corrected chi connectivity index (χ3v) is 9.35. The topological polar surface area (TPSA) is 86.8 Å². The summed E-state index contributed by atoms with van der Waals surface area (Å²) in [5.74, 6) is -0.934. The Labute approximate surface area is 273 Å². The number of rotatable bonds is 13. The summed E-state index contributed by atoms with van der Waals surface area (Å²) in [5, 5.41) is 4.05. The van der Waals surface area contributed by atoms with Crippen molar-refractivity contribution in [2.75, 3.05) is 17.4 Å². The minimum absolute atomic E-state index is 0.0147. The number of nitrogens with zero attached hydrogens (tertiary/aromatic N) is 2. The molecule has 1 unspecified atom stereocenters. The van der Waals surface area contributed by atoms with Gasteiger partial charge in [-0.1, -0.05) is 90.3 Å². The molecule has 0 aliphatic carbocycles. The molecule has 0 radical (unpaired) electrons. The molecule has 11 heteroatoms. The zero-order valence-electron chi connectivity index (χ0n) is 24.0. The van der Waals surface area contributed by atoms with Gasteiger partial charge in [0.15, 0.2) is 0 Å². The van der Waals surface area contributed by atoms with Crippen LogP contribution >= 0.6 is 34.8 Å². The molecule has 4 rings (SSSR count). The average Bonchev–Trinajstić information content (AvgIpc) is 3.01. The number of sulfonamides is 1. The lowest BCUT2D eigenvalue weighted by atomic mass is 10.0. The number of halogens is 3. The second-order valence-corrected chi connectivity index (χ2v) is 13.3. The molecule has 0 heterocycles. The van der Waals surface area contributed by atoms with Crippen molar-refractivity contribution in [2.24, 2.45) is 0 Å². The van der Waals surface area contributed by atoms with Crippen molar-refractivity contribution in [1.29, 1.82) is 0 Å². The molecule has 0 aromatic heterocycles. The van der Waals surface area contributed by atoms with Crippen molar-refractivity contribution < 1.29 is 18.0 Å². The van der Waals surface area contributed by atoms with Gasteiger partial charge in [0.2, 0.25) is 11.8 Å². The Bertz CT molecular complexity index is 1690. The van der Waals surface area contributed by atoms with Gasteiger partial charge in [0.1, 0.15) is 12.6 Å². The van der Waals surface area contributed by atoms with Crippen LogP contribution in [0.4, 0.5) is 5.69 Å². The van der Waals surface area contributed by atoms with Crippen LogP contribution in [0.1, 0.15) is 24.5 Å². The van der Waals surface area contributed by atoms with Crippen LogP contribution in [-0.2, 0) is 32.6 Å². The van der Waals surface area contributed by atoms with Crippen LogP contribution in [0.15, 0.2) is 108 Å². The summed E-state index contributed by atoms with van der Waals surface area (Å²) in [6, 6.07) is 27.3. The van der Waals surface area contributed by atoms with E-state index in [-0.39, 0.29) is 29.5 Å². The standard InChI is InChI=1S/C33H32Cl3N3O4S/c1-2-18-37-33(41)31(20-24-8-4-3-5-9-24)38(22-25-10-6-11-27(35)19-25)32(40)23-39(29-13-7-12-28(36)21-29)44(42,43)30-16-14-26(34)15-17-30/h3-17,19,21,31H,2,18,20,22-23H2,1H3,(H,37,41). The van der Waals surface area contributed by atoms with Gasteiger partial charge in [-0.2, -0.15) is 0 Å². The van der Waals surface area contributed by atoms with Crippen LogP contribution in [0.25, 0.3) is 0 Å². The molecule has 4 aromatic carbocycles. The fourth-order valence-corrected chi connectivity index (χ4v) is 6.58. The van der Waals surface area contributed by atoms with Gasteiger partial charge in [-0.3, -0.25) is 13.9 Å². The fraction of sp³-hybridized carbons (Fsp3) is 0.212. The summed E-state index contributed by atoms with van der Waals surface area (Å²) >= 11 is 18.6. The average molecular weight is 673 g/mol. The number of anilines is 1. The quantitative estimate of drug-likeness (QED) is 0.166. The Kier molecular flexibility index (Phi) is 11.7. The Morgan fingerprint density at radius 3 is 2.05 bits per heavy atom. The van der Waals surface area contributed by atoms with Gasteiger partial charge >= 0.3 is 0 Å². The van der Waals surface area contributed by atoms with Gasteiger partial charge in [-0.25, -0.2) is 8.42 Å². The first-order valence-corrected chi connectivity index (χ1v) is 16.6. The van der Waals surface area contributed by atoms with E-state index in [2.05, 4.69) is 5.32 Å². The van der Waals surface area contributed by atoms with E-state index in [1.54, 1.807) is 42.5 Å². The molecule has 0 aliphatic rings. The zero-order chi connectivity index (χ0) is 31.7. The molecule has 1 atom stereocenters. The first-order chi connectivity index (χ1) is 21.1. The Balaban J connectivity index is 1.80. The molecule has 0 bridgehead atoms. The maximum atomic E-state index is 14.4. The highest BCUT2D eigenvalue weighted by Gasteiger charge is 2.34. The predicted molar refractivity (Wildman–Crippen MR) is 177 cm³/mol. The molecular formula is C33H32Cl3N3O4S. The third kappa shape index (κ3) is 8.76. The number of benzene rings is 4. The van der Waals surface area contributed by atoms with E-state index in [4.69, 9.17) is 34.8 Å². The third-order valence-electron chi connectivity index (χ3n) is 6.84. The van der Waals surface area contributed by atoms with Crippen molar-refractivity contribution >= 4 is 62.3 Å². The Morgan fingerprint density at radius 2 is 1.41 bits per heavy atom. The van der Waals surface area contributed by atoms with Crippen molar-refractivity contribution in [3.05, 3.63) is 129 Å².